The third-order valence-electron chi connectivity index (χ3n) is 1.81. The molecule has 0 unspecified atom stereocenters. The number of hydrogen-bond donors (Lipinski definition) is 4. The zero-order chi connectivity index (χ0) is 15.9. The van der Waals surface area contributed by atoms with Crippen molar-refractivity contribution in [3.8, 4) is 0 Å². The highest BCUT2D eigenvalue weighted by atomic mass is 16.6. The normalized spacial score (nSPS) is 12.2. The number of carboxylic acid groups (broad SMARTS) is 2. The summed E-state index contributed by atoms with van der Waals surface area (Å²) < 4.78 is 4.82. The summed E-state index contributed by atoms with van der Waals surface area (Å²) in [5.74, 6) is -3.74. The molecule has 9 heteroatoms. The van der Waals surface area contributed by atoms with Gasteiger partial charge in [0.05, 0.1) is 6.42 Å². The van der Waals surface area contributed by atoms with Gasteiger partial charge in [0, 0.05) is 6.54 Å². The van der Waals surface area contributed by atoms with Crippen LogP contribution in [0.25, 0.3) is 0 Å². The number of amides is 2. The minimum atomic E-state index is -1.85. The predicted molar refractivity (Wildman–Crippen MR) is 66.1 cm³/mol. The van der Waals surface area contributed by atoms with Gasteiger partial charge in [-0.25, -0.2) is 9.59 Å². The van der Waals surface area contributed by atoms with Crippen molar-refractivity contribution in [1.82, 2.24) is 10.6 Å². The van der Waals surface area contributed by atoms with Crippen molar-refractivity contribution in [3.63, 3.8) is 0 Å². The second-order valence-electron chi connectivity index (χ2n) is 4.85. The number of hydrogen-bond acceptors (Lipinski definition) is 5. The van der Waals surface area contributed by atoms with Crippen LogP contribution in [0, 0.1) is 0 Å². The van der Waals surface area contributed by atoms with E-state index in [0.717, 1.165) is 0 Å². The Morgan fingerprint density at radius 3 is 2.10 bits per heavy atom. The number of alkyl carbamates (subject to hydrolysis) is 1. The molecule has 0 fully saturated rings. The Bertz CT molecular complexity index is 400. The maximum absolute atomic E-state index is 11.5. The molecule has 0 aliphatic carbocycles. The fraction of sp³-hybridized carbons (Fsp3) is 0.636. The SMILES string of the molecule is CC(C)(C)OC(=O)N[C@H](C(=O)O)C(=O)NCCC(=O)O. The molecule has 9 nitrogen and oxygen atoms in total. The van der Waals surface area contributed by atoms with E-state index in [2.05, 4.69) is 5.32 Å². The van der Waals surface area contributed by atoms with E-state index < -0.39 is 35.6 Å². The fourth-order valence-corrected chi connectivity index (χ4v) is 1.06. The number of aliphatic carboxylic acids is 2. The molecule has 114 valence electrons. The Kier molecular flexibility index (Phi) is 6.47. The quantitative estimate of drug-likeness (QED) is 0.485. The van der Waals surface area contributed by atoms with Crippen molar-refractivity contribution in [1.29, 1.82) is 0 Å². The highest BCUT2D eigenvalue weighted by molar-refractivity contribution is 6.03. The first-order valence-corrected chi connectivity index (χ1v) is 5.75. The van der Waals surface area contributed by atoms with Crippen LogP contribution >= 0.6 is 0 Å². The number of rotatable bonds is 6. The van der Waals surface area contributed by atoms with Gasteiger partial charge in [-0.1, -0.05) is 0 Å². The van der Waals surface area contributed by atoms with E-state index in [0.29, 0.717) is 0 Å². The summed E-state index contributed by atoms with van der Waals surface area (Å²) in [5.41, 5.74) is -0.840. The number of carboxylic acids is 2. The lowest BCUT2D eigenvalue weighted by atomic mass is 10.2. The van der Waals surface area contributed by atoms with Crippen LogP contribution in [0.1, 0.15) is 27.2 Å². The van der Waals surface area contributed by atoms with Crippen LogP contribution in [-0.4, -0.2) is 52.3 Å². The topological polar surface area (TPSA) is 142 Å². The molecule has 4 N–H and O–H groups in total. The molecule has 0 saturated carbocycles. The van der Waals surface area contributed by atoms with Gasteiger partial charge in [-0.2, -0.15) is 0 Å². The molecule has 0 saturated heterocycles. The van der Waals surface area contributed by atoms with E-state index in [9.17, 15) is 19.2 Å². The Morgan fingerprint density at radius 2 is 1.70 bits per heavy atom. The van der Waals surface area contributed by atoms with E-state index in [1.165, 1.54) is 0 Å². The average Bonchev–Trinajstić information content (AvgIpc) is 2.22. The van der Waals surface area contributed by atoms with Crippen molar-refractivity contribution in [2.75, 3.05) is 6.54 Å². The molecule has 0 radical (unpaired) electrons. The molecule has 0 aromatic heterocycles. The molecule has 0 heterocycles. The van der Waals surface area contributed by atoms with Crippen molar-refractivity contribution in [3.05, 3.63) is 0 Å². The molecule has 0 aromatic rings. The third-order valence-corrected chi connectivity index (χ3v) is 1.81. The number of carbonyl (C=O) groups excluding carboxylic acids is 2. The molecule has 0 aliphatic rings. The standard InChI is InChI=1S/C11H18N2O7/c1-11(2,3)20-10(19)13-7(9(17)18)8(16)12-5-4-6(14)15/h7H,4-5H2,1-3H3,(H,12,16)(H,13,19)(H,14,15)(H,17,18)/t7-/m0/s1. The van der Waals surface area contributed by atoms with Gasteiger partial charge in [0.15, 0.2) is 0 Å². The van der Waals surface area contributed by atoms with Crippen LogP contribution in [0.3, 0.4) is 0 Å². The van der Waals surface area contributed by atoms with E-state index in [1.807, 2.05) is 5.32 Å². The zero-order valence-electron chi connectivity index (χ0n) is 11.4. The van der Waals surface area contributed by atoms with Crippen molar-refractivity contribution in [2.24, 2.45) is 0 Å². The lowest BCUT2D eigenvalue weighted by Crippen LogP contribution is -2.52. The van der Waals surface area contributed by atoms with Crippen LogP contribution in [0.2, 0.25) is 0 Å². The molecule has 0 aromatic carbocycles. The van der Waals surface area contributed by atoms with Crippen molar-refractivity contribution in [2.45, 2.75) is 38.8 Å². The number of carbonyl (C=O) groups is 4. The number of nitrogens with one attached hydrogen (secondary N) is 2. The zero-order valence-corrected chi connectivity index (χ0v) is 11.4. The summed E-state index contributed by atoms with van der Waals surface area (Å²) >= 11 is 0. The van der Waals surface area contributed by atoms with Gasteiger partial charge in [0.2, 0.25) is 6.04 Å². The van der Waals surface area contributed by atoms with E-state index in [4.69, 9.17) is 14.9 Å². The lowest BCUT2D eigenvalue weighted by molar-refractivity contribution is -0.144. The first-order chi connectivity index (χ1) is 9.03. The minimum Gasteiger partial charge on any atom is -0.481 e. The van der Waals surface area contributed by atoms with Gasteiger partial charge in [0.25, 0.3) is 5.91 Å². The van der Waals surface area contributed by atoms with Crippen LogP contribution in [0.15, 0.2) is 0 Å². The molecular weight excluding hydrogens is 272 g/mol. The second-order valence-corrected chi connectivity index (χ2v) is 4.85. The Morgan fingerprint density at radius 1 is 1.15 bits per heavy atom. The summed E-state index contributed by atoms with van der Waals surface area (Å²) in [6.45, 7) is 4.49. The smallest absolute Gasteiger partial charge is 0.408 e. The lowest BCUT2D eigenvalue weighted by Gasteiger charge is -2.21. The maximum Gasteiger partial charge on any atom is 0.408 e. The molecule has 0 spiro atoms. The molecule has 0 aliphatic heterocycles. The van der Waals surface area contributed by atoms with Gasteiger partial charge in [0.1, 0.15) is 5.60 Å². The third kappa shape index (κ3) is 7.90. The summed E-state index contributed by atoms with van der Waals surface area (Å²) in [5, 5.41) is 21.2. The summed E-state index contributed by atoms with van der Waals surface area (Å²) in [6, 6.07) is -1.85. The van der Waals surface area contributed by atoms with Gasteiger partial charge >= 0.3 is 18.0 Å². The van der Waals surface area contributed by atoms with Gasteiger partial charge in [-0.05, 0) is 20.8 Å². The van der Waals surface area contributed by atoms with Crippen LogP contribution in [0.4, 0.5) is 4.79 Å². The van der Waals surface area contributed by atoms with E-state index >= 15 is 0 Å². The molecular formula is C11H18N2O7. The van der Waals surface area contributed by atoms with Gasteiger partial charge in [-0.3, -0.25) is 14.9 Å². The maximum atomic E-state index is 11.5. The van der Waals surface area contributed by atoms with Gasteiger partial charge in [-0.15, -0.1) is 0 Å². The van der Waals surface area contributed by atoms with Gasteiger partial charge < -0.3 is 20.3 Å². The number of ether oxygens (including phenoxy) is 1. The first kappa shape index (κ1) is 17.7. The Labute approximate surface area is 115 Å². The van der Waals surface area contributed by atoms with Crippen LogP contribution < -0.4 is 10.6 Å². The highest BCUT2D eigenvalue weighted by Crippen LogP contribution is 2.06. The fourth-order valence-electron chi connectivity index (χ4n) is 1.06. The van der Waals surface area contributed by atoms with E-state index in [-0.39, 0.29) is 13.0 Å². The molecule has 0 rings (SSSR count). The summed E-state index contributed by atoms with van der Waals surface area (Å²) in [6.07, 6.45) is -1.41. The monoisotopic (exact) mass is 290 g/mol. The van der Waals surface area contributed by atoms with E-state index in [1.54, 1.807) is 20.8 Å². The predicted octanol–water partition coefficient (Wildman–Crippen LogP) is -0.445. The average molecular weight is 290 g/mol. The minimum absolute atomic E-state index is 0.242. The van der Waals surface area contributed by atoms with Crippen molar-refractivity contribution >= 4 is 23.9 Å². The largest absolute Gasteiger partial charge is 0.481 e. The molecule has 1 atom stereocenters. The molecule has 2 amide bonds. The Hall–Kier alpha value is -2.32. The summed E-state index contributed by atoms with van der Waals surface area (Å²) in [4.78, 5) is 44.1. The second kappa shape index (κ2) is 7.31. The highest BCUT2D eigenvalue weighted by Gasteiger charge is 2.30. The Balaban J connectivity index is 4.49. The van der Waals surface area contributed by atoms with Crippen LogP contribution in [0.5, 0.6) is 0 Å². The molecule has 20 heavy (non-hydrogen) atoms. The van der Waals surface area contributed by atoms with Crippen LogP contribution in [-0.2, 0) is 19.1 Å². The van der Waals surface area contributed by atoms with Crippen molar-refractivity contribution < 1.29 is 34.1 Å². The molecule has 0 bridgehead atoms. The first-order valence-electron chi connectivity index (χ1n) is 5.75. The summed E-state index contributed by atoms with van der Waals surface area (Å²) in [7, 11) is 0.